The van der Waals surface area contributed by atoms with E-state index in [9.17, 15) is 0 Å². The quantitative estimate of drug-likeness (QED) is 0.183. The number of hydrogen-bond donors (Lipinski definition) is 1. The van der Waals surface area contributed by atoms with E-state index in [4.69, 9.17) is 9.52 Å². The summed E-state index contributed by atoms with van der Waals surface area (Å²) < 4.78 is 6.31. The van der Waals surface area contributed by atoms with Crippen LogP contribution in [0, 0.1) is 6.92 Å². The summed E-state index contributed by atoms with van der Waals surface area (Å²) in [6.07, 6.45) is 2.92. The van der Waals surface area contributed by atoms with Crippen LogP contribution in [0.2, 0.25) is 0 Å². The number of aryl methyl sites for hydroxylation is 1. The molecule has 0 saturated carbocycles. The van der Waals surface area contributed by atoms with Gasteiger partial charge in [0.1, 0.15) is 10.1 Å². The van der Waals surface area contributed by atoms with Crippen LogP contribution in [0.4, 0.5) is 0 Å². The number of hydrogen-bond acceptors (Lipinski definition) is 7. The second-order valence-electron chi connectivity index (χ2n) is 6.43. The zero-order valence-electron chi connectivity index (χ0n) is 16.5. The maximum Gasteiger partial charge on any atom is 0.194 e. The number of guanidine groups is 1. The Hall–Kier alpha value is -0.850. The molecule has 0 aromatic carbocycles. The second kappa shape index (κ2) is 12.7. The van der Waals surface area contributed by atoms with E-state index < -0.39 is 0 Å². The highest BCUT2D eigenvalue weighted by Crippen LogP contribution is 2.20. The number of halogens is 1. The Morgan fingerprint density at radius 1 is 1.36 bits per heavy atom. The molecule has 28 heavy (non-hydrogen) atoms. The number of rotatable bonds is 8. The van der Waals surface area contributed by atoms with Crippen LogP contribution in [0.3, 0.4) is 0 Å². The Kier molecular flexibility index (Phi) is 10.6. The van der Waals surface area contributed by atoms with Crippen LogP contribution in [0.1, 0.15) is 24.8 Å². The van der Waals surface area contributed by atoms with Gasteiger partial charge in [-0.05, 0) is 20.3 Å². The van der Waals surface area contributed by atoms with E-state index in [-0.39, 0.29) is 24.0 Å². The third-order valence-corrected chi connectivity index (χ3v) is 6.32. The van der Waals surface area contributed by atoms with Crippen molar-refractivity contribution in [3.63, 3.8) is 0 Å². The van der Waals surface area contributed by atoms with Crippen molar-refractivity contribution in [1.82, 2.24) is 25.3 Å². The molecule has 1 fully saturated rings. The van der Waals surface area contributed by atoms with Gasteiger partial charge in [-0.2, -0.15) is 0 Å². The number of nitrogens with zero attached hydrogens (tertiary/aromatic N) is 5. The Morgan fingerprint density at radius 2 is 2.18 bits per heavy atom. The summed E-state index contributed by atoms with van der Waals surface area (Å²) >= 11 is 3.52. The summed E-state index contributed by atoms with van der Waals surface area (Å²) in [6.45, 7) is 10.6. The average Bonchev–Trinajstić information content (AvgIpc) is 3.33. The lowest BCUT2D eigenvalue weighted by Gasteiger charge is -2.36. The van der Waals surface area contributed by atoms with E-state index in [2.05, 4.69) is 32.2 Å². The normalized spacial score (nSPS) is 15.5. The molecule has 156 valence electrons. The summed E-state index contributed by atoms with van der Waals surface area (Å²) in [6, 6.07) is 2.02. The van der Waals surface area contributed by atoms with E-state index in [0.29, 0.717) is 0 Å². The Labute approximate surface area is 192 Å². The molecule has 0 unspecified atom stereocenters. The number of nitrogens with one attached hydrogen (secondary N) is 1. The van der Waals surface area contributed by atoms with Crippen LogP contribution in [0.15, 0.2) is 31.5 Å². The molecule has 0 spiro atoms. The summed E-state index contributed by atoms with van der Waals surface area (Å²) in [4.78, 5) is 13.9. The van der Waals surface area contributed by atoms with Gasteiger partial charge in [-0.15, -0.1) is 35.3 Å². The average molecular weight is 537 g/mol. The maximum atomic E-state index is 5.16. The lowest BCUT2D eigenvalue weighted by molar-refractivity contribution is 0.169. The van der Waals surface area contributed by atoms with Gasteiger partial charge in [0, 0.05) is 69.2 Å². The number of piperazine rings is 1. The minimum atomic E-state index is 0. The molecule has 1 saturated heterocycles. The van der Waals surface area contributed by atoms with Crippen molar-refractivity contribution in [1.29, 1.82) is 0 Å². The van der Waals surface area contributed by atoms with Gasteiger partial charge in [0.25, 0.3) is 0 Å². The van der Waals surface area contributed by atoms with Crippen LogP contribution in [0.5, 0.6) is 0 Å². The van der Waals surface area contributed by atoms with Gasteiger partial charge in [0.05, 0.1) is 5.69 Å². The van der Waals surface area contributed by atoms with E-state index in [1.54, 1.807) is 11.3 Å². The molecular formula is C18H29IN6OS2. The van der Waals surface area contributed by atoms with Gasteiger partial charge in [-0.3, -0.25) is 9.89 Å². The van der Waals surface area contributed by atoms with E-state index >= 15 is 0 Å². The van der Waals surface area contributed by atoms with Crippen molar-refractivity contribution >= 4 is 53.0 Å². The van der Waals surface area contributed by atoms with Crippen LogP contribution in [-0.2, 0) is 6.54 Å². The SMILES string of the molecule is CCNC(=NCCCSc1nccs1)N1CCN(Cc2cc(C)on2)CC1.I. The van der Waals surface area contributed by atoms with Crippen LogP contribution >= 0.6 is 47.1 Å². The van der Waals surface area contributed by atoms with Crippen molar-refractivity contribution in [2.24, 2.45) is 4.99 Å². The van der Waals surface area contributed by atoms with Crippen molar-refractivity contribution in [2.45, 2.75) is 31.2 Å². The zero-order valence-corrected chi connectivity index (χ0v) is 20.4. The second-order valence-corrected chi connectivity index (χ2v) is 8.66. The number of aromatic nitrogens is 2. The molecule has 10 heteroatoms. The van der Waals surface area contributed by atoms with Gasteiger partial charge < -0.3 is 14.7 Å². The predicted octanol–water partition coefficient (Wildman–Crippen LogP) is 3.32. The molecule has 0 radical (unpaired) electrons. The summed E-state index contributed by atoms with van der Waals surface area (Å²) in [5, 5.41) is 9.56. The largest absolute Gasteiger partial charge is 0.361 e. The van der Waals surface area contributed by atoms with Gasteiger partial charge >= 0.3 is 0 Å². The van der Waals surface area contributed by atoms with E-state index in [0.717, 1.165) is 79.7 Å². The van der Waals surface area contributed by atoms with Gasteiger partial charge in [-0.1, -0.05) is 16.9 Å². The highest BCUT2D eigenvalue weighted by molar-refractivity contribution is 14.0. The van der Waals surface area contributed by atoms with Crippen LogP contribution in [-0.4, -0.2) is 70.9 Å². The van der Waals surface area contributed by atoms with Crippen molar-refractivity contribution in [3.8, 4) is 0 Å². The van der Waals surface area contributed by atoms with Crippen molar-refractivity contribution in [2.75, 3.05) is 45.0 Å². The lowest BCUT2D eigenvalue weighted by Crippen LogP contribution is -2.52. The predicted molar refractivity (Wildman–Crippen MR) is 127 cm³/mol. The molecule has 0 bridgehead atoms. The number of thiazole rings is 1. The highest BCUT2D eigenvalue weighted by atomic mass is 127. The molecule has 3 heterocycles. The molecule has 7 nitrogen and oxygen atoms in total. The monoisotopic (exact) mass is 536 g/mol. The molecule has 1 aliphatic heterocycles. The Bertz CT molecular complexity index is 701. The van der Waals surface area contributed by atoms with Crippen LogP contribution < -0.4 is 5.32 Å². The summed E-state index contributed by atoms with van der Waals surface area (Å²) in [5.41, 5.74) is 1.01. The molecule has 3 rings (SSSR count). The lowest BCUT2D eigenvalue weighted by atomic mass is 10.3. The van der Waals surface area contributed by atoms with Gasteiger partial charge in [0.15, 0.2) is 5.96 Å². The Balaban J connectivity index is 0.00000280. The van der Waals surface area contributed by atoms with Crippen LogP contribution in [0.25, 0.3) is 0 Å². The fraction of sp³-hybridized carbons (Fsp3) is 0.611. The summed E-state index contributed by atoms with van der Waals surface area (Å²) in [5.74, 6) is 2.97. The smallest absolute Gasteiger partial charge is 0.194 e. The third kappa shape index (κ3) is 7.53. The van der Waals surface area contributed by atoms with Gasteiger partial charge in [0.2, 0.25) is 0 Å². The van der Waals surface area contributed by atoms with E-state index in [1.807, 2.05) is 36.3 Å². The summed E-state index contributed by atoms with van der Waals surface area (Å²) in [7, 11) is 0. The first-order valence-corrected chi connectivity index (χ1v) is 11.3. The first kappa shape index (κ1) is 23.4. The maximum absolute atomic E-state index is 5.16. The minimum absolute atomic E-state index is 0. The molecule has 0 atom stereocenters. The molecule has 2 aromatic rings. The molecule has 1 N–H and O–H groups in total. The minimum Gasteiger partial charge on any atom is -0.361 e. The fourth-order valence-electron chi connectivity index (χ4n) is 2.96. The zero-order chi connectivity index (χ0) is 18.9. The molecule has 0 amide bonds. The first-order chi connectivity index (χ1) is 13.2. The topological polar surface area (TPSA) is 69.8 Å². The first-order valence-electron chi connectivity index (χ1n) is 9.44. The number of aliphatic imine (C=N–C) groups is 1. The van der Waals surface area contributed by atoms with Crippen molar-refractivity contribution in [3.05, 3.63) is 29.1 Å². The highest BCUT2D eigenvalue weighted by Gasteiger charge is 2.20. The molecule has 1 aliphatic rings. The fourth-order valence-corrected chi connectivity index (χ4v) is 4.59. The van der Waals surface area contributed by atoms with Crippen molar-refractivity contribution < 1.29 is 4.52 Å². The molecule has 0 aliphatic carbocycles. The molecule has 2 aromatic heterocycles. The van der Waals surface area contributed by atoms with Gasteiger partial charge in [-0.25, -0.2) is 4.98 Å². The molecular weight excluding hydrogens is 507 g/mol. The third-order valence-electron chi connectivity index (χ3n) is 4.27. The number of thioether (sulfide) groups is 1. The Morgan fingerprint density at radius 3 is 2.82 bits per heavy atom. The van der Waals surface area contributed by atoms with E-state index in [1.165, 1.54) is 0 Å². The standard InChI is InChI=1S/C18H28N6OS2.HI/c1-3-19-17(20-5-4-11-26-18-21-6-12-27-18)24-9-7-23(8-10-24)14-16-13-15(2)25-22-16;/h6,12-13H,3-5,7-11,14H2,1-2H3,(H,19,20);1H.